The van der Waals surface area contributed by atoms with Crippen molar-refractivity contribution in [3.05, 3.63) is 50.2 Å². The van der Waals surface area contributed by atoms with Gasteiger partial charge in [0.1, 0.15) is 18.1 Å². The van der Waals surface area contributed by atoms with E-state index in [0.29, 0.717) is 45.0 Å². The van der Waals surface area contributed by atoms with E-state index in [9.17, 15) is 14.4 Å². The molecule has 2 aromatic rings. The summed E-state index contributed by atoms with van der Waals surface area (Å²) >= 11 is 0. The van der Waals surface area contributed by atoms with E-state index in [1.807, 2.05) is 37.8 Å². The molecule has 1 saturated heterocycles. The highest BCUT2D eigenvalue weighted by molar-refractivity contribution is 5.90. The molecule has 0 radical (unpaired) electrons. The summed E-state index contributed by atoms with van der Waals surface area (Å²) < 4.78 is 7.69. The lowest BCUT2D eigenvalue weighted by Crippen LogP contribution is -2.48. The minimum atomic E-state index is -0.577. The third-order valence-electron chi connectivity index (χ3n) is 5.31. The highest BCUT2D eigenvalue weighted by atomic mass is 16.5. The van der Waals surface area contributed by atoms with E-state index in [4.69, 9.17) is 10.5 Å². The van der Waals surface area contributed by atoms with Gasteiger partial charge in [0.2, 0.25) is 5.91 Å². The van der Waals surface area contributed by atoms with Crippen molar-refractivity contribution in [1.29, 1.82) is 0 Å². The van der Waals surface area contributed by atoms with E-state index in [0.717, 1.165) is 15.7 Å². The predicted molar refractivity (Wildman–Crippen MR) is 117 cm³/mol. The van der Waals surface area contributed by atoms with Crippen LogP contribution >= 0.6 is 0 Å². The van der Waals surface area contributed by atoms with Gasteiger partial charge in [-0.2, -0.15) is 0 Å². The number of anilines is 3. The van der Waals surface area contributed by atoms with Crippen molar-refractivity contribution in [2.24, 2.45) is 0 Å². The Bertz CT molecular complexity index is 1050. The average molecular weight is 415 g/mol. The van der Waals surface area contributed by atoms with Crippen molar-refractivity contribution in [2.75, 3.05) is 42.3 Å². The van der Waals surface area contributed by atoms with Gasteiger partial charge in [0.15, 0.2) is 0 Å². The molecule has 9 heteroatoms. The molecule has 0 unspecified atom stereocenters. The first-order chi connectivity index (χ1) is 14.3. The predicted octanol–water partition coefficient (Wildman–Crippen LogP) is 1.09. The monoisotopic (exact) mass is 415 g/mol. The third-order valence-corrected chi connectivity index (χ3v) is 5.31. The molecule has 2 heterocycles. The van der Waals surface area contributed by atoms with E-state index in [-0.39, 0.29) is 18.1 Å². The fourth-order valence-electron chi connectivity index (χ4n) is 3.53. The van der Waals surface area contributed by atoms with Gasteiger partial charge in [-0.1, -0.05) is 13.0 Å². The van der Waals surface area contributed by atoms with Gasteiger partial charge < -0.3 is 20.7 Å². The van der Waals surface area contributed by atoms with Crippen LogP contribution in [0.15, 0.2) is 27.8 Å². The molecule has 1 aliphatic heterocycles. The number of nitrogens with two attached hydrogens (primary N) is 1. The van der Waals surface area contributed by atoms with Gasteiger partial charge in [0.25, 0.3) is 5.56 Å². The molecule has 1 aromatic carbocycles. The summed E-state index contributed by atoms with van der Waals surface area (Å²) in [5, 5.41) is 2.77. The standard InChI is InChI=1S/C21H29N5O4/c1-4-7-25-19(22)18(24-8-10-30-11-9-24)20(28)26(21(25)29)13-17(27)23-16-6-5-14(2)15(3)12-16/h5-6,12H,4,7-11,13,22H2,1-3H3,(H,23,27). The van der Waals surface area contributed by atoms with Crippen LogP contribution in [0.2, 0.25) is 0 Å². The normalized spacial score (nSPS) is 14.0. The summed E-state index contributed by atoms with van der Waals surface area (Å²) in [6, 6.07) is 5.55. The number of benzene rings is 1. The Hall–Kier alpha value is -3.07. The molecule has 0 bridgehead atoms. The lowest BCUT2D eigenvalue weighted by molar-refractivity contribution is -0.116. The molecule has 0 spiro atoms. The average Bonchev–Trinajstić information content (AvgIpc) is 2.72. The van der Waals surface area contributed by atoms with Crippen molar-refractivity contribution in [1.82, 2.24) is 9.13 Å². The van der Waals surface area contributed by atoms with Gasteiger partial charge in [0, 0.05) is 25.3 Å². The number of ether oxygens (including phenoxy) is 1. The highest BCUT2D eigenvalue weighted by Gasteiger charge is 2.24. The lowest BCUT2D eigenvalue weighted by Gasteiger charge is -2.30. The Morgan fingerprint density at radius 1 is 1.13 bits per heavy atom. The van der Waals surface area contributed by atoms with Gasteiger partial charge >= 0.3 is 5.69 Å². The van der Waals surface area contributed by atoms with Crippen LogP contribution in [0.3, 0.4) is 0 Å². The first-order valence-corrected chi connectivity index (χ1v) is 10.2. The molecular formula is C21H29N5O4. The van der Waals surface area contributed by atoms with E-state index >= 15 is 0 Å². The molecule has 1 aliphatic rings. The second-order valence-electron chi connectivity index (χ2n) is 7.51. The largest absolute Gasteiger partial charge is 0.383 e. The fraction of sp³-hybridized carbons (Fsp3) is 0.476. The maximum absolute atomic E-state index is 13.2. The number of aromatic nitrogens is 2. The number of amides is 1. The summed E-state index contributed by atoms with van der Waals surface area (Å²) in [6.45, 7) is 7.77. The molecule has 0 aliphatic carbocycles. The van der Waals surface area contributed by atoms with Crippen molar-refractivity contribution in [2.45, 2.75) is 40.3 Å². The smallest absolute Gasteiger partial charge is 0.333 e. The Morgan fingerprint density at radius 3 is 2.47 bits per heavy atom. The first-order valence-electron chi connectivity index (χ1n) is 10.2. The molecule has 1 fully saturated rings. The second-order valence-corrected chi connectivity index (χ2v) is 7.51. The number of rotatable bonds is 6. The molecule has 30 heavy (non-hydrogen) atoms. The first kappa shape index (κ1) is 21.6. The topological polar surface area (TPSA) is 112 Å². The zero-order valence-corrected chi connectivity index (χ0v) is 17.7. The quantitative estimate of drug-likeness (QED) is 0.731. The number of morpholine rings is 1. The van der Waals surface area contributed by atoms with Crippen LogP contribution < -0.4 is 27.2 Å². The molecule has 9 nitrogen and oxygen atoms in total. The van der Waals surface area contributed by atoms with Crippen LogP contribution in [-0.2, 0) is 22.6 Å². The lowest BCUT2D eigenvalue weighted by atomic mass is 10.1. The molecule has 1 amide bonds. The number of nitrogens with one attached hydrogen (secondary N) is 1. The molecule has 0 atom stereocenters. The van der Waals surface area contributed by atoms with Crippen LogP contribution in [0.5, 0.6) is 0 Å². The summed E-state index contributed by atoms with van der Waals surface area (Å²) in [5.74, 6) is -0.308. The number of nitrogens with zero attached hydrogens (tertiary/aromatic N) is 3. The Morgan fingerprint density at radius 2 is 1.83 bits per heavy atom. The number of nitrogen functional groups attached to an aromatic ring is 1. The van der Waals surface area contributed by atoms with E-state index in [2.05, 4.69) is 5.32 Å². The third kappa shape index (κ3) is 4.40. The van der Waals surface area contributed by atoms with Gasteiger partial charge in [-0.15, -0.1) is 0 Å². The van der Waals surface area contributed by atoms with Crippen molar-refractivity contribution in [3.8, 4) is 0 Å². The minimum Gasteiger partial charge on any atom is -0.383 e. The Kier molecular flexibility index (Phi) is 6.61. The van der Waals surface area contributed by atoms with Crippen molar-refractivity contribution in [3.63, 3.8) is 0 Å². The van der Waals surface area contributed by atoms with Gasteiger partial charge in [-0.3, -0.25) is 14.2 Å². The minimum absolute atomic E-state index is 0.138. The van der Waals surface area contributed by atoms with Gasteiger partial charge in [-0.25, -0.2) is 9.36 Å². The zero-order chi connectivity index (χ0) is 21.8. The van der Waals surface area contributed by atoms with E-state index < -0.39 is 17.2 Å². The molecule has 0 saturated carbocycles. The zero-order valence-electron chi connectivity index (χ0n) is 17.7. The molecular weight excluding hydrogens is 386 g/mol. The Labute approximate surface area is 175 Å². The molecule has 3 N–H and O–H groups in total. The number of carbonyl (C=O) groups excluding carboxylic acids is 1. The van der Waals surface area contributed by atoms with Crippen LogP contribution in [0.4, 0.5) is 17.2 Å². The number of aryl methyl sites for hydroxylation is 2. The summed E-state index contributed by atoms with van der Waals surface area (Å²) in [4.78, 5) is 40.6. The van der Waals surface area contributed by atoms with Gasteiger partial charge in [-0.05, 0) is 43.5 Å². The maximum Gasteiger partial charge on any atom is 0.333 e. The van der Waals surface area contributed by atoms with E-state index in [1.54, 1.807) is 6.07 Å². The molecule has 1 aromatic heterocycles. The molecule has 3 rings (SSSR count). The van der Waals surface area contributed by atoms with Crippen LogP contribution in [0, 0.1) is 13.8 Å². The summed E-state index contributed by atoms with van der Waals surface area (Å²) in [7, 11) is 0. The number of hydrogen-bond acceptors (Lipinski definition) is 6. The Balaban J connectivity index is 1.97. The van der Waals surface area contributed by atoms with E-state index in [1.165, 1.54) is 4.57 Å². The van der Waals surface area contributed by atoms with Crippen LogP contribution in [0.25, 0.3) is 0 Å². The van der Waals surface area contributed by atoms with Gasteiger partial charge in [0.05, 0.1) is 13.2 Å². The van der Waals surface area contributed by atoms with Crippen LogP contribution in [0.1, 0.15) is 24.5 Å². The molecule has 162 valence electrons. The number of hydrogen-bond donors (Lipinski definition) is 2. The van der Waals surface area contributed by atoms with Crippen LogP contribution in [-0.4, -0.2) is 41.3 Å². The number of carbonyl (C=O) groups is 1. The fourth-order valence-corrected chi connectivity index (χ4v) is 3.53. The SMILES string of the molecule is CCCn1c(N)c(N2CCOCC2)c(=O)n(CC(=O)Nc2ccc(C)c(C)c2)c1=O. The van der Waals surface area contributed by atoms with Crippen molar-refractivity contribution >= 4 is 23.1 Å². The van der Waals surface area contributed by atoms with Crippen molar-refractivity contribution < 1.29 is 9.53 Å². The second kappa shape index (κ2) is 9.17. The highest BCUT2D eigenvalue weighted by Crippen LogP contribution is 2.19. The summed E-state index contributed by atoms with van der Waals surface area (Å²) in [6.07, 6.45) is 0.666. The summed E-state index contributed by atoms with van der Waals surface area (Å²) in [5.41, 5.74) is 8.12. The maximum atomic E-state index is 13.2.